The third kappa shape index (κ3) is 3.52. The number of hydrogen-bond donors (Lipinski definition) is 0. The number of alkyl halides is 3. The highest BCUT2D eigenvalue weighted by molar-refractivity contribution is 14.1. The summed E-state index contributed by atoms with van der Waals surface area (Å²) in [7, 11) is -5.83. The number of carbonyl (C=O) groups excluding carboxylic acids is 1. The number of rotatable bonds is 3. The number of amides is 1. The molecule has 1 aromatic carbocycles. The molecule has 0 atom stereocenters. The molecule has 110 valence electrons. The summed E-state index contributed by atoms with van der Waals surface area (Å²) >= 11 is 4.21. The first-order chi connectivity index (χ1) is 9.13. The maximum absolute atomic E-state index is 12.7. The van der Waals surface area contributed by atoms with E-state index in [1.807, 2.05) is 0 Å². The normalized spacial score (nSPS) is 13.2. The van der Waals surface area contributed by atoms with E-state index >= 15 is 0 Å². The molecule has 4 nitrogen and oxygen atoms in total. The zero-order valence-corrected chi connectivity index (χ0v) is 14.0. The highest BCUT2D eigenvalue weighted by Crippen LogP contribution is 2.32. The van der Waals surface area contributed by atoms with Gasteiger partial charge in [-0.3, -0.25) is 4.79 Å². The molecule has 1 amide bonds. The maximum Gasteiger partial charge on any atom is 0.517 e. The Hall–Kier alpha value is -0.620. The summed E-state index contributed by atoms with van der Waals surface area (Å²) in [4.78, 5) is 12.9. The third-order valence-electron chi connectivity index (χ3n) is 2.01. The Balaban J connectivity index is 3.50. The fourth-order valence-electron chi connectivity index (χ4n) is 1.18. The van der Waals surface area contributed by atoms with Crippen LogP contribution in [0.3, 0.4) is 0 Å². The van der Waals surface area contributed by atoms with Gasteiger partial charge in [-0.15, -0.1) is 0 Å². The number of nitrogens with zero attached hydrogens (tertiary/aromatic N) is 1. The molecule has 0 saturated heterocycles. The molecule has 0 fully saturated rings. The average molecular weight is 484 g/mol. The highest BCUT2D eigenvalue weighted by atomic mass is 127. The van der Waals surface area contributed by atoms with E-state index in [9.17, 15) is 26.4 Å². The van der Waals surface area contributed by atoms with Gasteiger partial charge in [0.15, 0.2) is 0 Å². The van der Waals surface area contributed by atoms with Crippen molar-refractivity contribution >= 4 is 60.1 Å². The zero-order valence-electron chi connectivity index (χ0n) is 9.43. The molecule has 0 saturated carbocycles. The van der Waals surface area contributed by atoms with Gasteiger partial charge in [-0.1, -0.05) is 34.1 Å². The molecule has 0 aliphatic carbocycles. The van der Waals surface area contributed by atoms with Gasteiger partial charge in [-0.2, -0.15) is 25.9 Å². The van der Waals surface area contributed by atoms with Crippen LogP contribution in [0.2, 0.25) is 0 Å². The summed E-state index contributed by atoms with van der Waals surface area (Å²) in [5.41, 5.74) is -5.97. The van der Waals surface area contributed by atoms with Crippen molar-refractivity contribution in [2.75, 3.05) is 4.31 Å². The van der Waals surface area contributed by atoms with Crippen LogP contribution >= 0.6 is 38.5 Å². The van der Waals surface area contributed by atoms with E-state index in [1.54, 1.807) is 0 Å². The molecular weight excluding hydrogens is 478 g/mol. The van der Waals surface area contributed by atoms with E-state index in [0.29, 0.717) is 0 Å². The van der Waals surface area contributed by atoms with Crippen molar-refractivity contribution in [2.45, 2.75) is 5.51 Å². The summed E-state index contributed by atoms with van der Waals surface area (Å²) in [5, 5.41) is 0. The largest absolute Gasteiger partial charge is 0.517 e. The van der Waals surface area contributed by atoms with Crippen LogP contribution in [0.25, 0.3) is 0 Å². The summed E-state index contributed by atoms with van der Waals surface area (Å²) < 4.78 is 60.6. The van der Waals surface area contributed by atoms with Gasteiger partial charge < -0.3 is 0 Å². The molecule has 0 aliphatic heterocycles. The lowest BCUT2D eigenvalue weighted by molar-refractivity contribution is -0.113. The summed E-state index contributed by atoms with van der Waals surface area (Å²) in [5.74, 6) is -1.30. The van der Waals surface area contributed by atoms with Crippen LogP contribution in [0.15, 0.2) is 38.9 Å². The number of carbonyl (C=O) groups is 1. The van der Waals surface area contributed by atoms with Gasteiger partial charge in [0.1, 0.15) is 0 Å². The van der Waals surface area contributed by atoms with Gasteiger partial charge in [-0.25, -0.2) is 0 Å². The number of benzene rings is 1. The molecule has 0 heterocycles. The minimum Gasteiger partial charge on any atom is -0.267 e. The topological polar surface area (TPSA) is 54.5 Å². The Morgan fingerprint density at radius 3 is 2.15 bits per heavy atom. The molecule has 10 heteroatoms. The van der Waals surface area contributed by atoms with E-state index in [0.717, 1.165) is 17.1 Å². The lowest BCUT2D eigenvalue weighted by Gasteiger charge is -2.23. The zero-order chi connectivity index (χ0) is 15.6. The molecule has 0 N–H and O–H groups in total. The number of halogens is 5. The van der Waals surface area contributed by atoms with E-state index in [4.69, 9.17) is 0 Å². The predicted molar refractivity (Wildman–Crippen MR) is 79.9 cm³/mol. The van der Waals surface area contributed by atoms with E-state index in [2.05, 4.69) is 15.9 Å². The minimum absolute atomic E-state index is 0.223. The van der Waals surface area contributed by atoms with Crippen LogP contribution in [0.1, 0.15) is 0 Å². The summed E-state index contributed by atoms with van der Waals surface area (Å²) in [6.07, 6.45) is 0. The molecular formula is C10H6BrF3INO3S. The number of para-hydroxylation sites is 1. The van der Waals surface area contributed by atoms with Crippen LogP contribution in [0.5, 0.6) is 0 Å². The van der Waals surface area contributed by atoms with Crippen LogP contribution in [-0.4, -0.2) is 19.8 Å². The molecule has 1 aromatic rings. The molecule has 0 bridgehead atoms. The van der Waals surface area contributed by atoms with Gasteiger partial charge in [0.05, 0.1) is 9.27 Å². The van der Waals surface area contributed by atoms with Crippen molar-refractivity contribution in [3.05, 3.63) is 38.9 Å². The monoisotopic (exact) mass is 483 g/mol. The molecule has 0 spiro atoms. The SMILES string of the molecule is O=C(/C(I)=C\Br)N(c1ccccc1)S(=O)(=O)C(F)(F)F. The van der Waals surface area contributed by atoms with Crippen molar-refractivity contribution in [2.24, 2.45) is 0 Å². The molecule has 0 aromatic heterocycles. The second-order valence-corrected chi connectivity index (χ2v) is 6.71. The van der Waals surface area contributed by atoms with E-state index < -0.39 is 27.1 Å². The molecule has 0 radical (unpaired) electrons. The van der Waals surface area contributed by atoms with Gasteiger partial charge in [0, 0.05) is 4.99 Å². The van der Waals surface area contributed by atoms with Crippen molar-refractivity contribution in [1.82, 2.24) is 0 Å². The minimum atomic E-state index is -5.83. The Morgan fingerprint density at radius 1 is 1.25 bits per heavy atom. The van der Waals surface area contributed by atoms with Crippen LogP contribution in [0.4, 0.5) is 18.9 Å². The highest BCUT2D eigenvalue weighted by Gasteiger charge is 2.52. The van der Waals surface area contributed by atoms with Crippen molar-refractivity contribution in [3.8, 4) is 0 Å². The standard InChI is InChI=1S/C10H6BrF3INO3S/c11-6-8(15)9(17)16(7-4-2-1-3-5-7)20(18,19)10(12,13)14/h1-6H/b8-6+. The summed E-state index contributed by atoms with van der Waals surface area (Å²) in [6, 6.07) is 6.33. The van der Waals surface area contributed by atoms with Gasteiger partial charge in [0.2, 0.25) is 0 Å². The molecule has 20 heavy (non-hydrogen) atoms. The van der Waals surface area contributed by atoms with Crippen molar-refractivity contribution < 1.29 is 26.4 Å². The third-order valence-corrected chi connectivity index (χ3v) is 5.54. The first-order valence-electron chi connectivity index (χ1n) is 4.79. The predicted octanol–water partition coefficient (Wildman–Crippen LogP) is 3.54. The smallest absolute Gasteiger partial charge is 0.267 e. The molecule has 0 aliphatic rings. The van der Waals surface area contributed by atoms with Crippen LogP contribution in [0, 0.1) is 0 Å². The molecule has 1 rings (SSSR count). The number of anilines is 1. The second kappa shape index (κ2) is 6.43. The number of sulfonamides is 1. The average Bonchev–Trinajstić information content (AvgIpc) is 2.37. The first-order valence-corrected chi connectivity index (χ1v) is 8.23. The second-order valence-electron chi connectivity index (χ2n) is 3.31. The van der Waals surface area contributed by atoms with Crippen LogP contribution < -0.4 is 4.31 Å². The Kier molecular flexibility index (Phi) is 5.61. The Morgan fingerprint density at radius 2 is 1.75 bits per heavy atom. The van der Waals surface area contributed by atoms with E-state index in [-0.39, 0.29) is 7.89 Å². The Bertz CT molecular complexity index is 631. The fraction of sp³-hybridized carbons (Fsp3) is 0.100. The van der Waals surface area contributed by atoms with Crippen molar-refractivity contribution in [1.29, 1.82) is 0 Å². The van der Waals surface area contributed by atoms with Crippen molar-refractivity contribution in [3.63, 3.8) is 0 Å². The van der Waals surface area contributed by atoms with E-state index in [1.165, 1.54) is 40.8 Å². The Labute approximate surface area is 135 Å². The lowest BCUT2D eigenvalue weighted by atomic mass is 10.3. The van der Waals surface area contributed by atoms with Crippen LogP contribution in [-0.2, 0) is 14.8 Å². The first kappa shape index (κ1) is 17.4. The molecule has 0 unspecified atom stereocenters. The quantitative estimate of drug-likeness (QED) is 0.488. The van der Waals surface area contributed by atoms with Gasteiger partial charge in [0.25, 0.3) is 5.91 Å². The maximum atomic E-state index is 12.7. The summed E-state index contributed by atoms with van der Waals surface area (Å²) in [6.45, 7) is 0. The lowest BCUT2D eigenvalue weighted by Crippen LogP contribution is -2.44. The van der Waals surface area contributed by atoms with Gasteiger partial charge >= 0.3 is 15.5 Å². The van der Waals surface area contributed by atoms with Gasteiger partial charge in [-0.05, 0) is 34.7 Å². The fourth-order valence-corrected chi connectivity index (χ4v) is 2.70. The number of hydrogen-bond acceptors (Lipinski definition) is 3.